The van der Waals surface area contributed by atoms with Crippen molar-refractivity contribution >= 4 is 29.1 Å². The van der Waals surface area contributed by atoms with Crippen LogP contribution in [0.5, 0.6) is 0 Å². The molecule has 0 spiro atoms. The number of anilines is 1. The molecule has 0 unspecified atom stereocenters. The second-order valence-electron chi connectivity index (χ2n) is 4.65. The molecule has 5 heteroatoms. The van der Waals surface area contributed by atoms with Gasteiger partial charge in [0.15, 0.2) is 5.82 Å². The summed E-state index contributed by atoms with van der Waals surface area (Å²) in [4.78, 5) is 12.8. The molecule has 1 amide bonds. The Bertz CT molecular complexity index is 595. The molecule has 0 fully saturated rings. The zero-order valence-corrected chi connectivity index (χ0v) is 12.0. The fourth-order valence-corrected chi connectivity index (χ4v) is 2.39. The quantitative estimate of drug-likeness (QED) is 0.838. The van der Waals surface area contributed by atoms with Crippen LogP contribution in [0.4, 0.5) is 5.82 Å². The summed E-state index contributed by atoms with van der Waals surface area (Å²) in [5, 5.41) is 11.7. The molecule has 0 aliphatic heterocycles. The molecule has 2 N–H and O–H groups in total. The van der Waals surface area contributed by atoms with Gasteiger partial charge < -0.3 is 5.32 Å². The predicted molar refractivity (Wildman–Crippen MR) is 79.4 cm³/mol. The maximum atomic E-state index is 11.8. The fraction of sp³-hybridized carbons (Fsp3) is 0.286. The molecular weight excluding hydrogens is 258 g/mol. The van der Waals surface area contributed by atoms with E-state index >= 15 is 0 Å². The first kappa shape index (κ1) is 13.5. The summed E-state index contributed by atoms with van der Waals surface area (Å²) in [6.07, 6.45) is 3.36. The first-order valence-corrected chi connectivity index (χ1v) is 7.02. The van der Waals surface area contributed by atoms with Gasteiger partial charge in [0.25, 0.3) is 0 Å². The normalized spacial score (nSPS) is 11.4. The summed E-state index contributed by atoms with van der Waals surface area (Å²) in [5.41, 5.74) is 2.18. The van der Waals surface area contributed by atoms with Gasteiger partial charge in [-0.25, -0.2) is 0 Å². The summed E-state index contributed by atoms with van der Waals surface area (Å²) in [6, 6.07) is 3.89. The van der Waals surface area contributed by atoms with Crippen molar-refractivity contribution in [3.63, 3.8) is 0 Å². The molecular formula is C14H17N3OS. The number of H-pyrrole nitrogens is 1. The van der Waals surface area contributed by atoms with Gasteiger partial charge in [-0.2, -0.15) is 5.10 Å². The van der Waals surface area contributed by atoms with Crippen LogP contribution < -0.4 is 5.32 Å². The van der Waals surface area contributed by atoms with Crippen LogP contribution in [-0.2, 0) is 4.79 Å². The minimum atomic E-state index is -0.172. The molecule has 0 aliphatic carbocycles. The number of hydrogen-bond donors (Lipinski definition) is 2. The molecule has 0 atom stereocenters. The van der Waals surface area contributed by atoms with Crippen molar-refractivity contribution in [2.75, 3.05) is 5.32 Å². The third kappa shape index (κ3) is 3.54. The van der Waals surface area contributed by atoms with Crippen molar-refractivity contribution in [2.45, 2.75) is 26.7 Å². The highest BCUT2D eigenvalue weighted by Crippen LogP contribution is 2.17. The molecule has 0 aromatic carbocycles. The van der Waals surface area contributed by atoms with Crippen molar-refractivity contribution < 1.29 is 4.79 Å². The van der Waals surface area contributed by atoms with E-state index in [1.54, 1.807) is 11.3 Å². The van der Waals surface area contributed by atoms with Gasteiger partial charge >= 0.3 is 0 Å². The standard InChI is InChI=1S/C14H17N3OS/c1-9(2)11-8-13(17-16-11)15-14(18)5-4-12-10(3)6-7-19-12/h4-9H,1-3H3,(H2,15,16,17,18)/b5-4+. The molecule has 2 aromatic rings. The number of hydrogen-bond acceptors (Lipinski definition) is 3. The summed E-state index contributed by atoms with van der Waals surface area (Å²) in [7, 11) is 0. The number of carbonyl (C=O) groups is 1. The van der Waals surface area contributed by atoms with E-state index < -0.39 is 0 Å². The van der Waals surface area contributed by atoms with Gasteiger partial charge in [-0.3, -0.25) is 9.89 Å². The van der Waals surface area contributed by atoms with Crippen LogP contribution in [0.15, 0.2) is 23.6 Å². The minimum absolute atomic E-state index is 0.172. The van der Waals surface area contributed by atoms with Crippen LogP contribution >= 0.6 is 11.3 Å². The van der Waals surface area contributed by atoms with Crippen LogP contribution in [0, 0.1) is 6.92 Å². The Morgan fingerprint density at radius 1 is 1.53 bits per heavy atom. The first-order valence-electron chi connectivity index (χ1n) is 6.14. The lowest BCUT2D eigenvalue weighted by Crippen LogP contribution is -2.07. The highest BCUT2D eigenvalue weighted by Gasteiger charge is 2.06. The van der Waals surface area contributed by atoms with E-state index in [1.807, 2.05) is 30.5 Å². The summed E-state index contributed by atoms with van der Waals surface area (Å²) >= 11 is 1.62. The average Bonchev–Trinajstić information content (AvgIpc) is 2.96. The molecule has 19 heavy (non-hydrogen) atoms. The number of rotatable bonds is 4. The van der Waals surface area contributed by atoms with E-state index in [0.717, 1.165) is 10.6 Å². The molecule has 0 radical (unpaired) electrons. The number of nitrogens with zero attached hydrogens (tertiary/aromatic N) is 1. The largest absolute Gasteiger partial charge is 0.306 e. The van der Waals surface area contributed by atoms with Crippen LogP contribution in [0.3, 0.4) is 0 Å². The molecule has 0 bridgehead atoms. The molecule has 0 saturated carbocycles. The highest BCUT2D eigenvalue weighted by atomic mass is 32.1. The number of amides is 1. The number of aromatic amines is 1. The van der Waals surface area contributed by atoms with Gasteiger partial charge in [0, 0.05) is 22.7 Å². The van der Waals surface area contributed by atoms with Crippen molar-refractivity contribution in [3.05, 3.63) is 39.7 Å². The van der Waals surface area contributed by atoms with Gasteiger partial charge in [-0.1, -0.05) is 13.8 Å². The Morgan fingerprint density at radius 3 is 2.89 bits per heavy atom. The third-order valence-corrected chi connectivity index (χ3v) is 3.74. The van der Waals surface area contributed by atoms with E-state index in [1.165, 1.54) is 11.6 Å². The van der Waals surface area contributed by atoms with E-state index in [2.05, 4.69) is 29.4 Å². The number of nitrogens with one attached hydrogen (secondary N) is 2. The Hall–Kier alpha value is -1.88. The van der Waals surface area contributed by atoms with Crippen molar-refractivity contribution in [1.82, 2.24) is 10.2 Å². The van der Waals surface area contributed by atoms with Crippen molar-refractivity contribution in [1.29, 1.82) is 0 Å². The molecule has 2 aromatic heterocycles. The van der Waals surface area contributed by atoms with E-state index in [9.17, 15) is 4.79 Å². The summed E-state index contributed by atoms with van der Waals surface area (Å²) in [6.45, 7) is 6.16. The zero-order valence-electron chi connectivity index (χ0n) is 11.2. The minimum Gasteiger partial charge on any atom is -0.306 e. The maximum absolute atomic E-state index is 11.8. The van der Waals surface area contributed by atoms with Crippen LogP contribution in [0.1, 0.15) is 35.9 Å². The fourth-order valence-electron chi connectivity index (χ4n) is 1.57. The molecule has 2 heterocycles. The number of carbonyl (C=O) groups excluding carboxylic acids is 1. The second kappa shape index (κ2) is 5.84. The Morgan fingerprint density at radius 2 is 2.32 bits per heavy atom. The Labute approximate surface area is 116 Å². The summed E-state index contributed by atoms with van der Waals surface area (Å²) in [5.74, 6) is 0.748. The zero-order chi connectivity index (χ0) is 13.8. The van der Waals surface area contributed by atoms with Crippen molar-refractivity contribution in [3.8, 4) is 0 Å². The number of aromatic nitrogens is 2. The Kier molecular flexibility index (Phi) is 4.16. The monoisotopic (exact) mass is 275 g/mol. The lowest BCUT2D eigenvalue weighted by Gasteiger charge is -1.97. The van der Waals surface area contributed by atoms with E-state index in [4.69, 9.17) is 0 Å². The average molecular weight is 275 g/mol. The smallest absolute Gasteiger partial charge is 0.249 e. The predicted octanol–water partition coefficient (Wildman–Crippen LogP) is 3.55. The molecule has 100 valence electrons. The lowest BCUT2D eigenvalue weighted by atomic mass is 10.1. The van der Waals surface area contributed by atoms with Gasteiger partial charge in [0.2, 0.25) is 5.91 Å². The molecule has 4 nitrogen and oxygen atoms in total. The molecule has 0 saturated heterocycles. The number of thiophene rings is 1. The third-order valence-electron chi connectivity index (χ3n) is 2.76. The van der Waals surface area contributed by atoms with E-state index in [-0.39, 0.29) is 5.91 Å². The summed E-state index contributed by atoms with van der Waals surface area (Å²) < 4.78 is 0. The maximum Gasteiger partial charge on any atom is 0.249 e. The number of aryl methyl sites for hydroxylation is 1. The van der Waals surface area contributed by atoms with E-state index in [0.29, 0.717) is 11.7 Å². The Balaban J connectivity index is 1.97. The van der Waals surface area contributed by atoms with Crippen LogP contribution in [-0.4, -0.2) is 16.1 Å². The van der Waals surface area contributed by atoms with Crippen molar-refractivity contribution in [2.24, 2.45) is 0 Å². The lowest BCUT2D eigenvalue weighted by molar-refractivity contribution is -0.111. The van der Waals surface area contributed by atoms with Gasteiger partial charge in [-0.15, -0.1) is 11.3 Å². The van der Waals surface area contributed by atoms with Gasteiger partial charge in [-0.05, 0) is 35.9 Å². The van der Waals surface area contributed by atoms with Crippen LogP contribution in [0.2, 0.25) is 0 Å². The van der Waals surface area contributed by atoms with Crippen LogP contribution in [0.25, 0.3) is 6.08 Å². The SMILES string of the molecule is Cc1ccsc1/C=C/C(=O)Nc1cc(C(C)C)[nH]n1. The first-order chi connectivity index (χ1) is 9.06. The van der Waals surface area contributed by atoms with Gasteiger partial charge in [0.1, 0.15) is 0 Å². The topological polar surface area (TPSA) is 57.8 Å². The van der Waals surface area contributed by atoms with Gasteiger partial charge in [0.05, 0.1) is 0 Å². The molecule has 0 aliphatic rings. The second-order valence-corrected chi connectivity index (χ2v) is 5.60. The highest BCUT2D eigenvalue weighted by molar-refractivity contribution is 7.11. The molecule has 2 rings (SSSR count).